The van der Waals surface area contributed by atoms with E-state index < -0.39 is 52.1 Å². The van der Waals surface area contributed by atoms with Crippen molar-refractivity contribution in [2.45, 2.75) is 24.5 Å². The van der Waals surface area contributed by atoms with Gasteiger partial charge in [-0.05, 0) is 6.08 Å². The molecule has 0 spiro atoms. The molecule has 0 saturated carbocycles. The molecule has 1 unspecified atom stereocenters. The van der Waals surface area contributed by atoms with Crippen LogP contribution in [0.1, 0.15) is 12.8 Å². The molecule has 110 valence electrons. The summed E-state index contributed by atoms with van der Waals surface area (Å²) in [5, 5.41) is 0. The topological polar surface area (TPSA) is 60.4 Å². The molecule has 1 aliphatic carbocycles. The molecule has 0 aromatic heterocycles. The van der Waals surface area contributed by atoms with Gasteiger partial charge >= 0.3 is 21.8 Å². The maximum absolute atomic E-state index is 12.3. The number of hydrogen-bond acceptors (Lipinski definition) is 4. The van der Waals surface area contributed by atoms with Crippen LogP contribution in [0.2, 0.25) is 0 Å². The number of rotatable bonds is 2. The molecule has 0 N–H and O–H groups in total. The molecular weight excluding hydrogens is 306 g/mol. The van der Waals surface area contributed by atoms with E-state index in [0.717, 1.165) is 0 Å². The second-order valence-electron chi connectivity index (χ2n) is 3.68. The second kappa shape index (κ2) is 4.69. The fraction of sp³-hybridized carbons (Fsp3) is 0.625. The summed E-state index contributed by atoms with van der Waals surface area (Å²) >= 11 is 0. The third kappa shape index (κ3) is 3.85. The normalized spacial score (nSPS) is 22.1. The van der Waals surface area contributed by atoms with Crippen molar-refractivity contribution < 1.29 is 43.7 Å². The Bertz CT molecular complexity index is 500. The van der Waals surface area contributed by atoms with Crippen LogP contribution in [-0.2, 0) is 19.1 Å². The van der Waals surface area contributed by atoms with E-state index in [1.165, 1.54) is 0 Å². The van der Waals surface area contributed by atoms with E-state index in [-0.39, 0.29) is 6.08 Å². The molecule has 0 saturated heterocycles. The van der Waals surface area contributed by atoms with Gasteiger partial charge < -0.3 is 4.18 Å². The number of alkyl halides is 6. The number of allylic oxidation sites excluding steroid dienone is 2. The van der Waals surface area contributed by atoms with Crippen molar-refractivity contribution in [3.8, 4) is 0 Å². The summed E-state index contributed by atoms with van der Waals surface area (Å²) in [6.07, 6.45) is -6.58. The molecule has 0 radical (unpaired) electrons. The SMILES string of the molecule is O=C1CC(OS(=O)(=O)C(F)(F)F)=CC(C(F)(F)F)C1. The van der Waals surface area contributed by atoms with Crippen LogP contribution in [0.3, 0.4) is 0 Å². The van der Waals surface area contributed by atoms with Gasteiger partial charge in [0.15, 0.2) is 0 Å². The Hall–Kier alpha value is -1.26. The Morgan fingerprint density at radius 3 is 2.11 bits per heavy atom. The van der Waals surface area contributed by atoms with Gasteiger partial charge in [0, 0.05) is 6.42 Å². The van der Waals surface area contributed by atoms with E-state index in [2.05, 4.69) is 4.18 Å². The molecule has 1 atom stereocenters. The molecule has 0 amide bonds. The van der Waals surface area contributed by atoms with Crippen LogP contribution in [0, 0.1) is 5.92 Å². The van der Waals surface area contributed by atoms with E-state index in [4.69, 9.17) is 0 Å². The van der Waals surface area contributed by atoms with E-state index in [9.17, 15) is 39.6 Å². The standard InChI is InChI=1S/C8H6F6O4S/c9-7(10,11)4-1-5(15)3-6(2-4)18-19(16,17)8(12,13)14/h2,4H,1,3H2. The highest BCUT2D eigenvalue weighted by atomic mass is 32.2. The predicted molar refractivity (Wildman–Crippen MR) is 47.9 cm³/mol. The average Bonchev–Trinajstić information content (AvgIpc) is 2.12. The van der Waals surface area contributed by atoms with Gasteiger partial charge in [-0.25, -0.2) is 0 Å². The summed E-state index contributed by atoms with van der Waals surface area (Å²) in [6, 6.07) is 0. The molecule has 0 heterocycles. The number of carbonyl (C=O) groups is 1. The van der Waals surface area contributed by atoms with Crippen LogP contribution in [0.15, 0.2) is 11.8 Å². The summed E-state index contributed by atoms with van der Waals surface area (Å²) in [5.74, 6) is -4.58. The lowest BCUT2D eigenvalue weighted by Crippen LogP contribution is -2.30. The third-order valence-electron chi connectivity index (χ3n) is 2.13. The van der Waals surface area contributed by atoms with Crippen LogP contribution >= 0.6 is 0 Å². The first-order valence-electron chi connectivity index (χ1n) is 4.63. The van der Waals surface area contributed by atoms with Gasteiger partial charge in [0.25, 0.3) is 0 Å². The summed E-state index contributed by atoms with van der Waals surface area (Å²) in [5.41, 5.74) is -5.78. The molecule has 1 rings (SSSR count). The molecule has 0 bridgehead atoms. The van der Waals surface area contributed by atoms with Crippen molar-refractivity contribution in [2.24, 2.45) is 5.92 Å². The van der Waals surface area contributed by atoms with Crippen molar-refractivity contribution in [3.05, 3.63) is 11.8 Å². The van der Waals surface area contributed by atoms with Gasteiger partial charge in [-0.15, -0.1) is 0 Å². The Labute approximate surface area is 103 Å². The Morgan fingerprint density at radius 2 is 1.68 bits per heavy atom. The maximum Gasteiger partial charge on any atom is 0.534 e. The summed E-state index contributed by atoms with van der Waals surface area (Å²) < 4.78 is 97.6. The molecule has 0 aliphatic heterocycles. The smallest absolute Gasteiger partial charge is 0.380 e. The molecule has 1 aliphatic rings. The quantitative estimate of drug-likeness (QED) is 0.446. The molecule has 4 nitrogen and oxygen atoms in total. The van der Waals surface area contributed by atoms with Crippen molar-refractivity contribution in [1.29, 1.82) is 0 Å². The van der Waals surface area contributed by atoms with E-state index >= 15 is 0 Å². The van der Waals surface area contributed by atoms with Gasteiger partial charge in [-0.1, -0.05) is 0 Å². The van der Waals surface area contributed by atoms with Gasteiger partial charge in [-0.2, -0.15) is 34.8 Å². The first-order valence-corrected chi connectivity index (χ1v) is 6.03. The van der Waals surface area contributed by atoms with Crippen molar-refractivity contribution >= 4 is 15.9 Å². The highest BCUT2D eigenvalue weighted by Crippen LogP contribution is 2.36. The number of Topliss-reactive ketones (excluding diaryl/α,β-unsaturated/α-hetero) is 1. The highest BCUT2D eigenvalue weighted by molar-refractivity contribution is 7.87. The molecule has 0 aromatic rings. The van der Waals surface area contributed by atoms with Crippen LogP contribution in [0.4, 0.5) is 26.3 Å². The average molecular weight is 312 g/mol. The Morgan fingerprint density at radius 1 is 1.16 bits per heavy atom. The number of carbonyl (C=O) groups excluding carboxylic acids is 1. The minimum Gasteiger partial charge on any atom is -0.380 e. The zero-order chi connectivity index (χ0) is 15.1. The zero-order valence-electron chi connectivity index (χ0n) is 8.88. The van der Waals surface area contributed by atoms with Gasteiger partial charge in [0.2, 0.25) is 0 Å². The predicted octanol–water partition coefficient (Wildman–Crippen LogP) is 2.28. The van der Waals surface area contributed by atoms with Crippen LogP contribution in [0.25, 0.3) is 0 Å². The Balaban J connectivity index is 3.01. The summed E-state index contributed by atoms with van der Waals surface area (Å²) in [6.45, 7) is 0. The fourth-order valence-corrected chi connectivity index (χ4v) is 1.80. The lowest BCUT2D eigenvalue weighted by atomic mass is 9.93. The van der Waals surface area contributed by atoms with Crippen LogP contribution < -0.4 is 0 Å². The third-order valence-corrected chi connectivity index (χ3v) is 3.13. The highest BCUT2D eigenvalue weighted by Gasteiger charge is 2.50. The maximum atomic E-state index is 12.3. The molecule has 0 fully saturated rings. The molecule has 0 aromatic carbocycles. The van der Waals surface area contributed by atoms with Gasteiger partial charge in [0.05, 0.1) is 12.3 Å². The van der Waals surface area contributed by atoms with Crippen molar-refractivity contribution in [3.63, 3.8) is 0 Å². The number of halogens is 6. The first kappa shape index (κ1) is 15.8. The van der Waals surface area contributed by atoms with Gasteiger partial charge in [0.1, 0.15) is 11.5 Å². The van der Waals surface area contributed by atoms with E-state index in [1.807, 2.05) is 0 Å². The minimum absolute atomic E-state index is 0.171. The lowest BCUT2D eigenvalue weighted by Gasteiger charge is -2.22. The second-order valence-corrected chi connectivity index (χ2v) is 5.22. The number of hydrogen-bond donors (Lipinski definition) is 0. The molecule has 11 heteroatoms. The van der Waals surface area contributed by atoms with E-state index in [1.54, 1.807) is 0 Å². The largest absolute Gasteiger partial charge is 0.534 e. The monoisotopic (exact) mass is 312 g/mol. The fourth-order valence-electron chi connectivity index (χ4n) is 1.31. The zero-order valence-corrected chi connectivity index (χ0v) is 9.69. The van der Waals surface area contributed by atoms with E-state index in [0.29, 0.717) is 0 Å². The van der Waals surface area contributed by atoms with Crippen LogP contribution in [-0.4, -0.2) is 25.9 Å². The first-order chi connectivity index (χ1) is 8.33. The van der Waals surface area contributed by atoms with Gasteiger partial charge in [-0.3, -0.25) is 4.79 Å². The minimum atomic E-state index is -6.08. The summed E-state index contributed by atoms with van der Waals surface area (Å²) in [4.78, 5) is 11.0. The molecular formula is C8H6F6O4S. The Kier molecular flexibility index (Phi) is 3.90. The lowest BCUT2D eigenvalue weighted by molar-refractivity contribution is -0.168. The molecule has 19 heavy (non-hydrogen) atoms. The van der Waals surface area contributed by atoms with Crippen LogP contribution in [0.5, 0.6) is 0 Å². The van der Waals surface area contributed by atoms with Crippen molar-refractivity contribution in [1.82, 2.24) is 0 Å². The summed E-state index contributed by atoms with van der Waals surface area (Å²) in [7, 11) is -6.08. The van der Waals surface area contributed by atoms with Crippen molar-refractivity contribution in [2.75, 3.05) is 0 Å². The number of ketones is 1.